The van der Waals surface area contributed by atoms with Crippen molar-refractivity contribution >= 4 is 11.9 Å². The molecule has 1 aromatic heterocycles. The first-order valence-corrected chi connectivity index (χ1v) is 7.54. The van der Waals surface area contributed by atoms with E-state index in [1.54, 1.807) is 48.7 Å². The molecule has 25 heavy (non-hydrogen) atoms. The Labute approximate surface area is 143 Å². The van der Waals surface area contributed by atoms with Gasteiger partial charge in [0.25, 0.3) is 0 Å². The molecule has 2 aromatic carbocycles. The number of H-pyrrole nitrogens is 1. The molecule has 3 aromatic rings. The minimum atomic E-state index is -0.267. The summed E-state index contributed by atoms with van der Waals surface area (Å²) < 4.78 is 6.46. The summed E-state index contributed by atoms with van der Waals surface area (Å²) in [4.78, 5) is 26.6. The van der Waals surface area contributed by atoms with E-state index in [-0.39, 0.29) is 17.2 Å². The third-order valence-corrected chi connectivity index (χ3v) is 3.69. The number of nitrogens with one attached hydrogen (secondary N) is 1. The summed E-state index contributed by atoms with van der Waals surface area (Å²) in [5, 5.41) is 9.59. The van der Waals surface area contributed by atoms with E-state index in [1.165, 1.54) is 30.0 Å². The second-order valence-electron chi connectivity index (χ2n) is 5.31. The van der Waals surface area contributed by atoms with Crippen molar-refractivity contribution in [2.75, 3.05) is 7.11 Å². The van der Waals surface area contributed by atoms with Crippen LogP contribution in [-0.2, 0) is 0 Å². The number of benzene rings is 2. The van der Waals surface area contributed by atoms with Crippen LogP contribution >= 0.6 is 0 Å². The summed E-state index contributed by atoms with van der Waals surface area (Å²) in [5.41, 5.74) is 1.53. The van der Waals surface area contributed by atoms with Crippen molar-refractivity contribution < 1.29 is 14.6 Å². The highest BCUT2D eigenvalue weighted by Crippen LogP contribution is 2.26. The standard InChI is InChI=1S/C19H16N2O4/c1-25-18-11-13(6-8-17(18)23)5-7-16(22)14-3-2-4-15(12-14)21-10-9-20-19(21)24/h2-12,23H,1H3,(H,20,24). The van der Waals surface area contributed by atoms with Gasteiger partial charge in [-0.15, -0.1) is 0 Å². The van der Waals surface area contributed by atoms with Crippen molar-refractivity contribution in [2.24, 2.45) is 0 Å². The van der Waals surface area contributed by atoms with Crippen molar-refractivity contribution in [3.63, 3.8) is 0 Å². The molecule has 0 amide bonds. The zero-order chi connectivity index (χ0) is 17.8. The third kappa shape index (κ3) is 3.53. The fourth-order valence-corrected chi connectivity index (χ4v) is 2.40. The van der Waals surface area contributed by atoms with Crippen LogP contribution in [0.4, 0.5) is 0 Å². The van der Waals surface area contributed by atoms with Gasteiger partial charge in [-0.25, -0.2) is 4.79 Å². The van der Waals surface area contributed by atoms with Crippen LogP contribution in [0.2, 0.25) is 0 Å². The van der Waals surface area contributed by atoms with Gasteiger partial charge in [0.15, 0.2) is 17.3 Å². The van der Waals surface area contributed by atoms with Crippen molar-refractivity contribution in [2.45, 2.75) is 0 Å². The topological polar surface area (TPSA) is 84.3 Å². The lowest BCUT2D eigenvalue weighted by molar-refractivity contribution is 0.104. The Balaban J connectivity index is 1.84. The maximum Gasteiger partial charge on any atom is 0.330 e. The number of carbonyl (C=O) groups excluding carboxylic acids is 1. The Kier molecular flexibility index (Phi) is 4.52. The second-order valence-corrected chi connectivity index (χ2v) is 5.31. The van der Waals surface area contributed by atoms with Crippen LogP contribution in [-0.4, -0.2) is 27.6 Å². The minimum absolute atomic E-state index is 0.0376. The highest BCUT2D eigenvalue weighted by molar-refractivity contribution is 6.07. The van der Waals surface area contributed by atoms with Crippen LogP contribution in [0, 0.1) is 0 Å². The number of phenols is 1. The van der Waals surface area contributed by atoms with E-state index in [0.29, 0.717) is 17.0 Å². The summed E-state index contributed by atoms with van der Waals surface area (Å²) in [5.74, 6) is 0.177. The predicted molar refractivity (Wildman–Crippen MR) is 94.4 cm³/mol. The molecule has 0 spiro atoms. The SMILES string of the molecule is COc1cc(C=CC(=O)c2cccc(-n3cc[nH]c3=O)c2)ccc1O. The van der Waals surface area contributed by atoms with Gasteiger partial charge in [0.1, 0.15) is 0 Å². The van der Waals surface area contributed by atoms with Gasteiger partial charge in [-0.2, -0.15) is 0 Å². The van der Waals surface area contributed by atoms with E-state index < -0.39 is 0 Å². The number of phenolic OH excluding ortho intramolecular Hbond substituents is 1. The molecule has 0 unspecified atom stereocenters. The van der Waals surface area contributed by atoms with Gasteiger partial charge in [-0.3, -0.25) is 9.36 Å². The molecule has 0 bridgehead atoms. The smallest absolute Gasteiger partial charge is 0.330 e. The largest absolute Gasteiger partial charge is 0.504 e. The van der Waals surface area contributed by atoms with Gasteiger partial charge in [0.2, 0.25) is 0 Å². The number of allylic oxidation sites excluding steroid dienone is 1. The molecule has 0 saturated heterocycles. The van der Waals surface area contributed by atoms with Crippen LogP contribution in [0.15, 0.2) is 65.7 Å². The number of imidazole rings is 1. The van der Waals surface area contributed by atoms with Gasteiger partial charge in [-0.1, -0.05) is 24.3 Å². The van der Waals surface area contributed by atoms with Crippen LogP contribution < -0.4 is 10.4 Å². The van der Waals surface area contributed by atoms with E-state index in [4.69, 9.17) is 4.74 Å². The third-order valence-electron chi connectivity index (χ3n) is 3.69. The average molecular weight is 336 g/mol. The molecule has 0 atom stereocenters. The quantitative estimate of drug-likeness (QED) is 0.554. The van der Waals surface area contributed by atoms with E-state index in [1.807, 2.05) is 0 Å². The number of hydrogen-bond acceptors (Lipinski definition) is 4. The number of aromatic nitrogens is 2. The van der Waals surface area contributed by atoms with E-state index in [9.17, 15) is 14.7 Å². The van der Waals surface area contributed by atoms with Gasteiger partial charge >= 0.3 is 5.69 Å². The van der Waals surface area contributed by atoms with Crippen LogP contribution in [0.1, 0.15) is 15.9 Å². The summed E-state index contributed by atoms with van der Waals surface area (Å²) in [6, 6.07) is 11.6. The number of nitrogens with zero attached hydrogens (tertiary/aromatic N) is 1. The summed E-state index contributed by atoms with van der Waals surface area (Å²) in [7, 11) is 1.46. The average Bonchev–Trinajstić information content (AvgIpc) is 3.07. The van der Waals surface area contributed by atoms with Crippen molar-refractivity contribution in [3.05, 3.63) is 82.5 Å². The zero-order valence-corrected chi connectivity index (χ0v) is 13.5. The maximum absolute atomic E-state index is 12.4. The molecule has 6 heteroatoms. The Morgan fingerprint density at radius 1 is 1.24 bits per heavy atom. The molecule has 3 rings (SSSR count). The van der Waals surface area contributed by atoms with Crippen molar-refractivity contribution in [3.8, 4) is 17.2 Å². The Bertz CT molecular complexity index is 998. The molecule has 0 saturated carbocycles. The number of ketones is 1. The van der Waals surface area contributed by atoms with Crippen molar-refractivity contribution in [1.29, 1.82) is 0 Å². The highest BCUT2D eigenvalue weighted by atomic mass is 16.5. The molecular weight excluding hydrogens is 320 g/mol. The molecule has 0 aliphatic carbocycles. The monoisotopic (exact) mass is 336 g/mol. The fraction of sp³-hybridized carbons (Fsp3) is 0.0526. The van der Waals surface area contributed by atoms with Crippen LogP contribution in [0.25, 0.3) is 11.8 Å². The lowest BCUT2D eigenvalue weighted by atomic mass is 10.1. The molecule has 126 valence electrons. The lowest BCUT2D eigenvalue weighted by Gasteiger charge is -2.04. The molecule has 1 heterocycles. The number of hydrogen-bond donors (Lipinski definition) is 2. The zero-order valence-electron chi connectivity index (χ0n) is 13.5. The van der Waals surface area contributed by atoms with Gasteiger partial charge < -0.3 is 14.8 Å². The minimum Gasteiger partial charge on any atom is -0.504 e. The molecule has 0 radical (unpaired) electrons. The van der Waals surface area contributed by atoms with Gasteiger partial charge in [0.05, 0.1) is 12.8 Å². The highest BCUT2D eigenvalue weighted by Gasteiger charge is 2.06. The summed E-state index contributed by atoms with van der Waals surface area (Å²) >= 11 is 0. The number of methoxy groups -OCH3 is 1. The fourth-order valence-electron chi connectivity index (χ4n) is 2.40. The van der Waals surface area contributed by atoms with E-state index >= 15 is 0 Å². The van der Waals surface area contributed by atoms with Gasteiger partial charge in [0, 0.05) is 18.0 Å². The van der Waals surface area contributed by atoms with Gasteiger partial charge in [-0.05, 0) is 35.9 Å². The normalized spacial score (nSPS) is 10.9. The Morgan fingerprint density at radius 3 is 2.80 bits per heavy atom. The Morgan fingerprint density at radius 2 is 2.08 bits per heavy atom. The summed E-state index contributed by atoms with van der Waals surface area (Å²) in [6.45, 7) is 0. The molecule has 2 N–H and O–H groups in total. The summed E-state index contributed by atoms with van der Waals surface area (Å²) in [6.07, 6.45) is 6.21. The van der Waals surface area contributed by atoms with Crippen molar-refractivity contribution in [1.82, 2.24) is 9.55 Å². The number of ether oxygens (including phenoxy) is 1. The molecule has 6 nitrogen and oxygen atoms in total. The molecule has 0 aliphatic rings. The van der Waals surface area contributed by atoms with Crippen LogP contribution in [0.3, 0.4) is 0 Å². The first kappa shape index (κ1) is 16.3. The predicted octanol–water partition coefficient (Wildman–Crippen LogP) is 2.78. The lowest BCUT2D eigenvalue weighted by Crippen LogP contribution is -2.14. The van der Waals surface area contributed by atoms with E-state index in [2.05, 4.69) is 4.98 Å². The number of aromatic amines is 1. The number of aromatic hydroxyl groups is 1. The maximum atomic E-state index is 12.4. The number of rotatable bonds is 5. The second kappa shape index (κ2) is 6.92. The molecular formula is C19H16N2O4. The first-order chi connectivity index (χ1) is 12.1. The first-order valence-electron chi connectivity index (χ1n) is 7.54. The number of carbonyl (C=O) groups is 1. The molecule has 0 aliphatic heterocycles. The molecule has 0 fully saturated rings. The van der Waals surface area contributed by atoms with Crippen LogP contribution in [0.5, 0.6) is 11.5 Å². The van der Waals surface area contributed by atoms with E-state index in [0.717, 1.165) is 5.56 Å². The Hall–Kier alpha value is -3.54.